The molecule has 0 heterocycles. The second-order valence-corrected chi connectivity index (χ2v) is 5.30. The molecule has 0 radical (unpaired) electrons. The van der Waals surface area contributed by atoms with E-state index in [-0.39, 0.29) is 24.0 Å². The molecule has 0 aliphatic carbocycles. The quantitative estimate of drug-likeness (QED) is 0.373. The van der Waals surface area contributed by atoms with Crippen LogP contribution in [0.4, 0.5) is 5.69 Å². The average Bonchev–Trinajstić information content (AvgIpc) is 2.61. The highest BCUT2D eigenvalue weighted by Crippen LogP contribution is 2.28. The number of benzene rings is 2. The van der Waals surface area contributed by atoms with Crippen LogP contribution in [0.25, 0.3) is 0 Å². The zero-order valence-electron chi connectivity index (χ0n) is 14.9. The van der Waals surface area contributed by atoms with Gasteiger partial charge in [0.25, 0.3) is 0 Å². The highest BCUT2D eigenvalue weighted by Gasteiger charge is 2.05. The maximum absolute atomic E-state index is 5.96. The first-order valence-electron chi connectivity index (χ1n) is 8.11. The van der Waals surface area contributed by atoms with E-state index in [1.807, 2.05) is 37.3 Å². The Morgan fingerprint density at radius 3 is 2.32 bits per heavy atom. The van der Waals surface area contributed by atoms with Crippen LogP contribution in [0.5, 0.6) is 11.5 Å². The third kappa shape index (κ3) is 6.45. The van der Waals surface area contributed by atoms with Crippen molar-refractivity contribution in [2.75, 3.05) is 19.0 Å². The molecule has 25 heavy (non-hydrogen) atoms. The number of nitrogens with one attached hydrogen (secondary N) is 1. The number of hydrogen-bond acceptors (Lipinski definition) is 3. The van der Waals surface area contributed by atoms with Gasteiger partial charge in [0.2, 0.25) is 0 Å². The van der Waals surface area contributed by atoms with Crippen LogP contribution in [0, 0.1) is 0 Å². The molecule has 0 fully saturated rings. The van der Waals surface area contributed by atoms with Crippen molar-refractivity contribution in [2.24, 2.45) is 10.7 Å². The van der Waals surface area contributed by atoms with Crippen molar-refractivity contribution in [3.05, 3.63) is 53.6 Å². The van der Waals surface area contributed by atoms with Crippen LogP contribution < -0.4 is 20.5 Å². The molecule has 2 rings (SSSR count). The van der Waals surface area contributed by atoms with Crippen LogP contribution in [0.3, 0.4) is 0 Å². The van der Waals surface area contributed by atoms with Gasteiger partial charge in [0.1, 0.15) is 0 Å². The molecule has 0 saturated carbocycles. The molecule has 5 nitrogen and oxygen atoms in total. The molecule has 0 aliphatic rings. The number of aliphatic imine (C=N–C) groups is 1. The van der Waals surface area contributed by atoms with E-state index >= 15 is 0 Å². The molecular weight excluding hydrogens is 429 g/mol. The number of methoxy groups -OCH3 is 1. The fourth-order valence-corrected chi connectivity index (χ4v) is 2.28. The van der Waals surface area contributed by atoms with Gasteiger partial charge in [-0.25, -0.2) is 4.99 Å². The first kappa shape index (κ1) is 21.1. The summed E-state index contributed by atoms with van der Waals surface area (Å²) in [4.78, 5) is 4.38. The van der Waals surface area contributed by atoms with E-state index in [0.717, 1.165) is 23.4 Å². The number of nitrogens with zero attached hydrogens (tertiary/aromatic N) is 1. The standard InChI is InChI=1S/C19H25N3O2.HI/c1-4-14-6-9-16(10-7-14)22-19(20)21-13-15-8-11-17(23-3)18(12-15)24-5-2;/h6-12H,4-5,13H2,1-3H3,(H3,20,21,22);1H. The van der Waals surface area contributed by atoms with Crippen LogP contribution in [0.15, 0.2) is 47.5 Å². The number of rotatable bonds is 7. The lowest BCUT2D eigenvalue weighted by Crippen LogP contribution is -2.22. The van der Waals surface area contributed by atoms with Crippen molar-refractivity contribution in [2.45, 2.75) is 26.8 Å². The van der Waals surface area contributed by atoms with Gasteiger partial charge in [-0.05, 0) is 48.7 Å². The summed E-state index contributed by atoms with van der Waals surface area (Å²) in [7, 11) is 1.63. The monoisotopic (exact) mass is 455 g/mol. The van der Waals surface area contributed by atoms with E-state index in [9.17, 15) is 0 Å². The molecule has 6 heteroatoms. The number of halogens is 1. The van der Waals surface area contributed by atoms with Crippen molar-refractivity contribution in [1.82, 2.24) is 0 Å². The van der Waals surface area contributed by atoms with Crippen LogP contribution in [0.1, 0.15) is 25.0 Å². The van der Waals surface area contributed by atoms with E-state index in [4.69, 9.17) is 15.2 Å². The van der Waals surface area contributed by atoms with Gasteiger partial charge in [-0.15, -0.1) is 24.0 Å². The summed E-state index contributed by atoms with van der Waals surface area (Å²) in [5, 5.41) is 3.10. The molecule has 0 atom stereocenters. The minimum atomic E-state index is 0. The SMILES string of the molecule is CCOc1cc(CN=C(N)Nc2ccc(CC)cc2)ccc1OC.I. The molecule has 3 N–H and O–H groups in total. The Labute approximate surface area is 166 Å². The summed E-state index contributed by atoms with van der Waals surface area (Å²) in [6.45, 7) is 5.12. The Morgan fingerprint density at radius 2 is 1.72 bits per heavy atom. The zero-order valence-corrected chi connectivity index (χ0v) is 17.2. The lowest BCUT2D eigenvalue weighted by atomic mass is 10.1. The summed E-state index contributed by atoms with van der Waals surface area (Å²) >= 11 is 0. The minimum absolute atomic E-state index is 0. The molecule has 0 spiro atoms. The molecule has 0 unspecified atom stereocenters. The summed E-state index contributed by atoms with van der Waals surface area (Å²) in [6.07, 6.45) is 1.02. The van der Waals surface area contributed by atoms with E-state index in [2.05, 4.69) is 29.4 Å². The maximum atomic E-state index is 5.96. The van der Waals surface area contributed by atoms with E-state index in [1.165, 1.54) is 5.56 Å². The molecule has 2 aromatic rings. The van der Waals surface area contributed by atoms with Crippen molar-refractivity contribution in [3.8, 4) is 11.5 Å². The fraction of sp³-hybridized carbons (Fsp3) is 0.316. The second kappa shape index (κ2) is 10.8. The molecular formula is C19H26IN3O2. The van der Waals surface area contributed by atoms with Gasteiger partial charge in [0.05, 0.1) is 20.3 Å². The Kier molecular flexibility index (Phi) is 9.12. The lowest BCUT2D eigenvalue weighted by molar-refractivity contribution is 0.310. The summed E-state index contributed by atoms with van der Waals surface area (Å²) in [5.41, 5.74) is 9.18. The lowest BCUT2D eigenvalue weighted by Gasteiger charge is -2.10. The Balaban J connectivity index is 0.00000312. The predicted molar refractivity (Wildman–Crippen MR) is 114 cm³/mol. The third-order valence-electron chi connectivity index (χ3n) is 3.59. The maximum Gasteiger partial charge on any atom is 0.193 e. The topological polar surface area (TPSA) is 68.9 Å². The van der Waals surface area contributed by atoms with Gasteiger partial charge in [0, 0.05) is 5.69 Å². The smallest absolute Gasteiger partial charge is 0.193 e. The molecule has 0 aromatic heterocycles. The second-order valence-electron chi connectivity index (χ2n) is 5.30. The average molecular weight is 455 g/mol. The minimum Gasteiger partial charge on any atom is -0.493 e. The molecule has 2 aromatic carbocycles. The first-order chi connectivity index (χ1) is 11.7. The van der Waals surface area contributed by atoms with Gasteiger partial charge in [-0.1, -0.05) is 25.1 Å². The number of anilines is 1. The van der Waals surface area contributed by atoms with Gasteiger partial charge in [-0.3, -0.25) is 0 Å². The fourth-order valence-electron chi connectivity index (χ4n) is 2.28. The number of ether oxygens (including phenoxy) is 2. The highest BCUT2D eigenvalue weighted by atomic mass is 127. The number of aryl methyl sites for hydroxylation is 1. The van der Waals surface area contributed by atoms with Crippen molar-refractivity contribution < 1.29 is 9.47 Å². The van der Waals surface area contributed by atoms with Crippen LogP contribution in [-0.4, -0.2) is 19.7 Å². The van der Waals surface area contributed by atoms with E-state index < -0.39 is 0 Å². The Bertz CT molecular complexity index is 688. The molecule has 0 saturated heterocycles. The van der Waals surface area contributed by atoms with Gasteiger partial charge < -0.3 is 20.5 Å². The van der Waals surface area contributed by atoms with Gasteiger partial charge in [0.15, 0.2) is 17.5 Å². The van der Waals surface area contributed by atoms with Crippen molar-refractivity contribution >= 4 is 35.6 Å². The number of guanidine groups is 1. The number of nitrogens with two attached hydrogens (primary N) is 1. The van der Waals surface area contributed by atoms with E-state index in [0.29, 0.717) is 24.9 Å². The molecule has 0 bridgehead atoms. The van der Waals surface area contributed by atoms with Gasteiger partial charge in [-0.2, -0.15) is 0 Å². The van der Waals surface area contributed by atoms with Crippen LogP contribution >= 0.6 is 24.0 Å². The van der Waals surface area contributed by atoms with E-state index in [1.54, 1.807) is 7.11 Å². The number of hydrogen-bond donors (Lipinski definition) is 2. The summed E-state index contributed by atoms with van der Waals surface area (Å²) in [6, 6.07) is 13.9. The zero-order chi connectivity index (χ0) is 17.4. The van der Waals surface area contributed by atoms with Crippen LogP contribution in [0.2, 0.25) is 0 Å². The van der Waals surface area contributed by atoms with Crippen molar-refractivity contribution in [1.29, 1.82) is 0 Å². The highest BCUT2D eigenvalue weighted by molar-refractivity contribution is 14.0. The molecule has 0 amide bonds. The third-order valence-corrected chi connectivity index (χ3v) is 3.59. The Morgan fingerprint density at radius 1 is 1.04 bits per heavy atom. The van der Waals surface area contributed by atoms with Crippen molar-refractivity contribution in [3.63, 3.8) is 0 Å². The molecule has 0 aliphatic heterocycles. The first-order valence-corrected chi connectivity index (χ1v) is 8.11. The largest absolute Gasteiger partial charge is 0.493 e. The Hall–Kier alpha value is -1.96. The normalized spacial score (nSPS) is 10.8. The molecule has 136 valence electrons. The summed E-state index contributed by atoms with van der Waals surface area (Å²) in [5.74, 6) is 1.81. The summed E-state index contributed by atoms with van der Waals surface area (Å²) < 4.78 is 10.9. The van der Waals surface area contributed by atoms with Crippen LogP contribution in [-0.2, 0) is 13.0 Å². The predicted octanol–water partition coefficient (Wildman–Crippen LogP) is 4.20. The van der Waals surface area contributed by atoms with Gasteiger partial charge >= 0.3 is 0 Å².